The van der Waals surface area contributed by atoms with Crippen molar-refractivity contribution in [1.82, 2.24) is 0 Å². The van der Waals surface area contributed by atoms with E-state index in [0.29, 0.717) is 132 Å². The minimum absolute atomic E-state index is 0.0684. The second-order valence-corrected chi connectivity index (χ2v) is 12.9. The molecule has 0 aliphatic rings. The Morgan fingerprint density at radius 3 is 0.927 bits per heavy atom. The molecule has 0 saturated carbocycles. The zero-order valence-corrected chi connectivity index (χ0v) is 34.4. The molecule has 55 heavy (non-hydrogen) atoms. The summed E-state index contributed by atoms with van der Waals surface area (Å²) in [6, 6.07) is 0. The van der Waals surface area contributed by atoms with Gasteiger partial charge >= 0.3 is 5.97 Å². The minimum atomic E-state index is -1.06. The molecule has 15 nitrogen and oxygen atoms in total. The molecule has 0 heterocycles. The summed E-state index contributed by atoms with van der Waals surface area (Å²) in [6.07, 6.45) is 15.3. The number of hydrogen-bond donors (Lipinski definition) is 2. The highest BCUT2D eigenvalue weighted by Crippen LogP contribution is 2.12. The van der Waals surface area contributed by atoms with Gasteiger partial charge < -0.3 is 67.1 Å². The van der Waals surface area contributed by atoms with E-state index in [2.05, 4.69) is 6.92 Å². The zero-order chi connectivity index (χ0) is 39.8. The van der Waals surface area contributed by atoms with Crippen molar-refractivity contribution in [3.63, 3.8) is 0 Å². The quantitative estimate of drug-likeness (QED) is 0.0665. The number of esters is 1. The fourth-order valence-electron chi connectivity index (χ4n) is 4.82. The summed E-state index contributed by atoms with van der Waals surface area (Å²) < 4.78 is 65.1. The first-order valence-corrected chi connectivity index (χ1v) is 21.0. The van der Waals surface area contributed by atoms with E-state index in [4.69, 9.17) is 67.1 Å². The lowest BCUT2D eigenvalue weighted by atomic mass is 10.1. The predicted octanol–water partition coefficient (Wildman–Crippen LogP) is 4.16. The van der Waals surface area contributed by atoms with Gasteiger partial charge in [-0.2, -0.15) is 0 Å². The van der Waals surface area contributed by atoms with Crippen molar-refractivity contribution < 1.29 is 71.8 Å². The standard InChI is InChI=1S/C40H80O15/c1-2-3-4-5-6-7-8-9-10-11-12-13-15-44-17-19-46-21-23-48-25-27-50-29-31-52-33-35-54-36-34-53-32-30-51-28-26-49-24-22-47-20-18-45-16-14-40(43)55-38-39(42)37-41/h39,41-42H,2-38H2,1H3. The molecule has 0 aliphatic heterocycles. The Kier molecular flexibility index (Phi) is 48.2. The van der Waals surface area contributed by atoms with Crippen LogP contribution in [0.3, 0.4) is 0 Å². The van der Waals surface area contributed by atoms with Gasteiger partial charge in [0.15, 0.2) is 0 Å². The summed E-state index contributed by atoms with van der Waals surface area (Å²) in [6.45, 7) is 12.5. The first-order chi connectivity index (χ1) is 27.2. The van der Waals surface area contributed by atoms with Gasteiger partial charge in [0.1, 0.15) is 12.7 Å². The number of aliphatic hydroxyl groups excluding tert-OH is 2. The van der Waals surface area contributed by atoms with E-state index in [1.165, 1.54) is 70.6 Å². The fourth-order valence-corrected chi connectivity index (χ4v) is 4.82. The number of aliphatic hydroxyl groups is 2. The Morgan fingerprint density at radius 1 is 0.382 bits per heavy atom. The molecule has 2 N–H and O–H groups in total. The predicted molar refractivity (Wildman–Crippen MR) is 209 cm³/mol. The molecule has 0 aromatic heterocycles. The van der Waals surface area contributed by atoms with E-state index in [1.54, 1.807) is 0 Å². The lowest BCUT2D eigenvalue weighted by Crippen LogP contribution is -2.22. The Morgan fingerprint density at radius 2 is 0.636 bits per heavy atom. The third kappa shape index (κ3) is 49.0. The van der Waals surface area contributed by atoms with Gasteiger partial charge in [0, 0.05) is 6.61 Å². The monoisotopic (exact) mass is 801 g/mol. The lowest BCUT2D eigenvalue weighted by molar-refractivity contribution is -0.148. The third-order valence-corrected chi connectivity index (χ3v) is 7.96. The summed E-state index contributed by atoms with van der Waals surface area (Å²) in [5.41, 5.74) is 0. The van der Waals surface area contributed by atoms with Crippen LogP contribution in [0, 0.1) is 0 Å². The van der Waals surface area contributed by atoms with E-state index in [9.17, 15) is 4.79 Å². The molecule has 0 aromatic rings. The van der Waals surface area contributed by atoms with E-state index >= 15 is 0 Å². The highest BCUT2D eigenvalue weighted by Gasteiger charge is 2.07. The van der Waals surface area contributed by atoms with Crippen LogP contribution in [0.4, 0.5) is 0 Å². The molecule has 0 fully saturated rings. The van der Waals surface area contributed by atoms with Crippen LogP contribution in [0.2, 0.25) is 0 Å². The maximum Gasteiger partial charge on any atom is 0.308 e. The van der Waals surface area contributed by atoms with Gasteiger partial charge in [-0.15, -0.1) is 0 Å². The van der Waals surface area contributed by atoms with Crippen LogP contribution in [0.5, 0.6) is 0 Å². The maximum atomic E-state index is 11.4. The van der Waals surface area contributed by atoms with Gasteiger partial charge in [0.25, 0.3) is 0 Å². The molecule has 330 valence electrons. The maximum absolute atomic E-state index is 11.4. The van der Waals surface area contributed by atoms with Gasteiger partial charge in [0.2, 0.25) is 0 Å². The van der Waals surface area contributed by atoms with Gasteiger partial charge in [-0.05, 0) is 6.42 Å². The molecule has 0 rings (SSSR count). The Hall–Kier alpha value is -1.05. The average molecular weight is 801 g/mol. The molecule has 1 atom stereocenters. The van der Waals surface area contributed by atoms with Crippen molar-refractivity contribution >= 4 is 5.97 Å². The summed E-state index contributed by atoms with van der Waals surface area (Å²) in [7, 11) is 0. The second kappa shape index (κ2) is 49.1. The van der Waals surface area contributed by atoms with Crippen molar-refractivity contribution in [3.8, 4) is 0 Å². The van der Waals surface area contributed by atoms with Crippen molar-refractivity contribution in [2.24, 2.45) is 0 Å². The van der Waals surface area contributed by atoms with Crippen LogP contribution < -0.4 is 0 Å². The van der Waals surface area contributed by atoms with Gasteiger partial charge in [-0.3, -0.25) is 4.79 Å². The summed E-state index contributed by atoms with van der Waals surface area (Å²) in [4.78, 5) is 11.4. The van der Waals surface area contributed by atoms with E-state index in [1.807, 2.05) is 0 Å². The molecule has 1 unspecified atom stereocenters. The normalized spacial score (nSPS) is 12.1. The van der Waals surface area contributed by atoms with Crippen LogP contribution in [-0.4, -0.2) is 181 Å². The number of rotatable bonds is 49. The molecule has 0 bridgehead atoms. The van der Waals surface area contributed by atoms with Crippen LogP contribution >= 0.6 is 0 Å². The molecule has 15 heteroatoms. The van der Waals surface area contributed by atoms with Gasteiger partial charge in [0.05, 0.1) is 152 Å². The summed E-state index contributed by atoms with van der Waals surface area (Å²) in [5, 5.41) is 17.8. The van der Waals surface area contributed by atoms with Crippen LogP contribution in [0.15, 0.2) is 0 Å². The topological polar surface area (TPSA) is 168 Å². The number of ether oxygens (including phenoxy) is 12. The van der Waals surface area contributed by atoms with E-state index in [-0.39, 0.29) is 19.6 Å². The molecule has 0 aliphatic carbocycles. The molecule has 0 aromatic carbocycles. The van der Waals surface area contributed by atoms with Crippen LogP contribution in [0.25, 0.3) is 0 Å². The van der Waals surface area contributed by atoms with Gasteiger partial charge in [-0.1, -0.05) is 77.6 Å². The Labute approximate surface area is 332 Å². The second-order valence-electron chi connectivity index (χ2n) is 12.9. The smallest absolute Gasteiger partial charge is 0.308 e. The summed E-state index contributed by atoms with van der Waals surface area (Å²) >= 11 is 0. The Bertz CT molecular complexity index is 722. The number of hydrogen-bond acceptors (Lipinski definition) is 15. The number of carbonyl (C=O) groups is 1. The molecule has 0 radical (unpaired) electrons. The number of carbonyl (C=O) groups excluding carboxylic acids is 1. The van der Waals surface area contributed by atoms with Crippen LogP contribution in [0.1, 0.15) is 90.4 Å². The van der Waals surface area contributed by atoms with Gasteiger partial charge in [-0.25, -0.2) is 0 Å². The first-order valence-electron chi connectivity index (χ1n) is 21.0. The van der Waals surface area contributed by atoms with E-state index in [0.717, 1.165) is 13.0 Å². The summed E-state index contributed by atoms with van der Waals surface area (Å²) in [5.74, 6) is -0.494. The largest absolute Gasteiger partial charge is 0.463 e. The van der Waals surface area contributed by atoms with E-state index < -0.39 is 18.7 Å². The average Bonchev–Trinajstić information content (AvgIpc) is 3.19. The highest BCUT2D eigenvalue weighted by atomic mass is 16.6. The first kappa shape index (κ1) is 53.9. The van der Waals surface area contributed by atoms with Crippen molar-refractivity contribution in [2.45, 2.75) is 96.5 Å². The zero-order valence-electron chi connectivity index (χ0n) is 34.4. The van der Waals surface area contributed by atoms with Crippen LogP contribution in [-0.2, 0) is 61.6 Å². The molecule has 0 amide bonds. The highest BCUT2D eigenvalue weighted by molar-refractivity contribution is 5.69. The molecule has 0 spiro atoms. The minimum Gasteiger partial charge on any atom is -0.463 e. The molecular formula is C40H80O15. The van der Waals surface area contributed by atoms with Crippen molar-refractivity contribution in [1.29, 1.82) is 0 Å². The molecular weight excluding hydrogens is 720 g/mol. The third-order valence-electron chi connectivity index (χ3n) is 7.96. The fraction of sp³-hybridized carbons (Fsp3) is 0.975. The van der Waals surface area contributed by atoms with Crippen molar-refractivity contribution in [2.75, 3.05) is 159 Å². The number of unbranched alkanes of at least 4 members (excludes halogenated alkanes) is 11. The van der Waals surface area contributed by atoms with Crippen molar-refractivity contribution in [3.05, 3.63) is 0 Å². The molecule has 0 saturated heterocycles. The lowest BCUT2D eigenvalue weighted by Gasteiger charge is -2.09. The Balaban J connectivity index is 3.09. The SMILES string of the molecule is CCCCCCCCCCCCCCOCCOCCOCCOCCOCCOCCOCCOCCOCCOCCOCCC(=O)OCC(O)CO.